The summed E-state index contributed by atoms with van der Waals surface area (Å²) in [4.78, 5) is 25.3. The second-order valence-corrected chi connectivity index (χ2v) is 8.07. The van der Waals surface area contributed by atoms with Gasteiger partial charge in [0.25, 0.3) is 0 Å². The third-order valence-corrected chi connectivity index (χ3v) is 5.38. The topological polar surface area (TPSA) is 78.6 Å². The first-order valence-electron chi connectivity index (χ1n) is 8.11. The van der Waals surface area contributed by atoms with Crippen LogP contribution in [0.3, 0.4) is 0 Å². The Morgan fingerprint density at radius 3 is 2.58 bits per heavy atom. The minimum Gasteiger partial charge on any atom is -0.465 e. The Bertz CT molecular complexity index is 870. The maximum absolute atomic E-state index is 12.9. The van der Waals surface area contributed by atoms with Gasteiger partial charge in [-0.3, -0.25) is 4.79 Å². The number of carbonyl (C=O) groups is 2. The third-order valence-electron chi connectivity index (χ3n) is 4.64. The molecule has 7 heteroatoms. The molecule has 0 bridgehead atoms. The molecule has 3 rings (SSSR count). The lowest BCUT2D eigenvalue weighted by Gasteiger charge is -2.37. The molecule has 2 N–H and O–H groups in total. The highest BCUT2D eigenvalue weighted by Crippen LogP contribution is 2.48. The zero-order valence-corrected chi connectivity index (χ0v) is 16.2. The van der Waals surface area contributed by atoms with Crippen LogP contribution in [0.2, 0.25) is 10.0 Å². The molecule has 1 aromatic rings. The number of Topliss-reactive ketones (excluding diaryl/α,β-unsaturated/α-hetero) is 1. The first-order chi connectivity index (χ1) is 12.1. The number of nitrogens with two attached hydrogens (primary N) is 1. The van der Waals surface area contributed by atoms with E-state index >= 15 is 0 Å². The first-order valence-corrected chi connectivity index (χ1v) is 8.87. The highest BCUT2D eigenvalue weighted by atomic mass is 35.5. The van der Waals surface area contributed by atoms with E-state index in [1.807, 2.05) is 13.8 Å². The predicted molar refractivity (Wildman–Crippen MR) is 98.6 cm³/mol. The number of ketones is 1. The van der Waals surface area contributed by atoms with Crippen LogP contribution in [0, 0.1) is 5.41 Å². The summed E-state index contributed by atoms with van der Waals surface area (Å²) in [5.74, 6) is -1.00. The van der Waals surface area contributed by atoms with E-state index in [0.29, 0.717) is 39.8 Å². The molecule has 1 aromatic carbocycles. The molecule has 138 valence electrons. The summed E-state index contributed by atoms with van der Waals surface area (Å²) in [7, 11) is 1.25. The molecule has 26 heavy (non-hydrogen) atoms. The van der Waals surface area contributed by atoms with Gasteiger partial charge in [-0.2, -0.15) is 0 Å². The minimum absolute atomic E-state index is 0.0582. The summed E-state index contributed by atoms with van der Waals surface area (Å²) in [6.45, 7) is 3.98. The van der Waals surface area contributed by atoms with E-state index in [0.717, 1.165) is 0 Å². The number of benzene rings is 1. The van der Waals surface area contributed by atoms with Crippen molar-refractivity contribution < 1.29 is 19.1 Å². The van der Waals surface area contributed by atoms with Crippen molar-refractivity contribution in [3.63, 3.8) is 0 Å². The Balaban J connectivity index is 2.22. The lowest BCUT2D eigenvalue weighted by Crippen LogP contribution is -2.35. The van der Waals surface area contributed by atoms with Gasteiger partial charge in [0.05, 0.1) is 23.1 Å². The third kappa shape index (κ3) is 3.21. The number of hydrogen-bond donors (Lipinski definition) is 1. The lowest BCUT2D eigenvalue weighted by atomic mass is 9.70. The van der Waals surface area contributed by atoms with Gasteiger partial charge in [0.2, 0.25) is 5.88 Å². The zero-order chi connectivity index (χ0) is 19.2. The van der Waals surface area contributed by atoms with Gasteiger partial charge in [0.15, 0.2) is 5.78 Å². The highest BCUT2D eigenvalue weighted by molar-refractivity contribution is 6.42. The summed E-state index contributed by atoms with van der Waals surface area (Å²) >= 11 is 12.2. The number of rotatable bonds is 2. The van der Waals surface area contributed by atoms with Gasteiger partial charge < -0.3 is 15.2 Å². The van der Waals surface area contributed by atoms with E-state index in [1.165, 1.54) is 7.11 Å². The number of methoxy groups -OCH3 is 1. The van der Waals surface area contributed by atoms with E-state index in [-0.39, 0.29) is 22.7 Å². The molecule has 0 radical (unpaired) electrons. The molecule has 0 unspecified atom stereocenters. The van der Waals surface area contributed by atoms with Crippen LogP contribution in [0.1, 0.15) is 38.2 Å². The van der Waals surface area contributed by atoms with Gasteiger partial charge in [-0.25, -0.2) is 4.79 Å². The number of esters is 1. The fourth-order valence-corrected chi connectivity index (χ4v) is 3.83. The van der Waals surface area contributed by atoms with Crippen molar-refractivity contribution in [3.8, 4) is 0 Å². The van der Waals surface area contributed by atoms with Gasteiger partial charge in [0, 0.05) is 18.4 Å². The Kier molecular flexibility index (Phi) is 4.80. The average molecular weight is 396 g/mol. The molecule has 1 aliphatic carbocycles. The summed E-state index contributed by atoms with van der Waals surface area (Å²) in [6, 6.07) is 4.98. The van der Waals surface area contributed by atoms with Crippen molar-refractivity contribution in [2.24, 2.45) is 11.1 Å². The van der Waals surface area contributed by atoms with Crippen LogP contribution in [-0.4, -0.2) is 18.9 Å². The van der Waals surface area contributed by atoms with Crippen LogP contribution in [0.4, 0.5) is 0 Å². The van der Waals surface area contributed by atoms with Crippen molar-refractivity contribution in [2.75, 3.05) is 7.11 Å². The van der Waals surface area contributed by atoms with Crippen LogP contribution in [-0.2, 0) is 19.1 Å². The quantitative estimate of drug-likeness (QED) is 0.762. The standard InChI is InChI=1S/C19H19Cl2NO4/c1-19(2)7-12(23)15-13(8-19)26-17(22)16(18(24)25-3)14(15)9-4-5-10(20)11(21)6-9/h4-6,14H,7-8,22H2,1-3H3/t14-/m1/s1. The van der Waals surface area contributed by atoms with E-state index in [2.05, 4.69) is 0 Å². The maximum Gasteiger partial charge on any atom is 0.340 e. The minimum atomic E-state index is -0.704. The Morgan fingerprint density at radius 2 is 1.96 bits per heavy atom. The van der Waals surface area contributed by atoms with E-state index in [1.54, 1.807) is 18.2 Å². The summed E-state index contributed by atoms with van der Waals surface area (Å²) in [5, 5.41) is 0.702. The number of hydrogen-bond acceptors (Lipinski definition) is 5. The molecule has 1 atom stereocenters. The number of halogens is 2. The van der Waals surface area contributed by atoms with Crippen molar-refractivity contribution in [2.45, 2.75) is 32.6 Å². The van der Waals surface area contributed by atoms with Crippen molar-refractivity contribution in [1.29, 1.82) is 0 Å². The summed E-state index contributed by atoms with van der Waals surface area (Å²) in [6.07, 6.45) is 0.891. The molecule has 0 fully saturated rings. The van der Waals surface area contributed by atoms with Gasteiger partial charge in [-0.1, -0.05) is 43.1 Å². The second-order valence-electron chi connectivity index (χ2n) is 7.26. The molecule has 0 aromatic heterocycles. The largest absolute Gasteiger partial charge is 0.465 e. The van der Waals surface area contributed by atoms with Crippen molar-refractivity contribution in [3.05, 3.63) is 56.6 Å². The smallest absolute Gasteiger partial charge is 0.340 e. The van der Waals surface area contributed by atoms with Gasteiger partial charge in [-0.15, -0.1) is 0 Å². The van der Waals surface area contributed by atoms with Gasteiger partial charge >= 0.3 is 5.97 Å². The fraction of sp³-hybridized carbons (Fsp3) is 0.368. The molecular weight excluding hydrogens is 377 g/mol. The second kappa shape index (κ2) is 6.63. The Morgan fingerprint density at radius 1 is 1.27 bits per heavy atom. The molecule has 0 saturated heterocycles. The highest BCUT2D eigenvalue weighted by Gasteiger charge is 2.45. The number of allylic oxidation sites excluding steroid dienone is 2. The molecule has 1 aliphatic heterocycles. The molecule has 2 aliphatic rings. The number of ether oxygens (including phenoxy) is 2. The summed E-state index contributed by atoms with van der Waals surface area (Å²) in [5.41, 5.74) is 6.95. The van der Waals surface area contributed by atoms with Gasteiger partial charge in [0.1, 0.15) is 11.3 Å². The molecule has 0 saturated carbocycles. The average Bonchev–Trinajstić information content (AvgIpc) is 2.54. The lowest BCUT2D eigenvalue weighted by molar-refractivity contribution is -0.136. The molecule has 0 amide bonds. The Labute approximate surface area is 161 Å². The predicted octanol–water partition coefficient (Wildman–Crippen LogP) is 4.09. The Hall–Kier alpha value is -1.98. The van der Waals surface area contributed by atoms with Crippen LogP contribution >= 0.6 is 23.2 Å². The van der Waals surface area contributed by atoms with Crippen LogP contribution in [0.5, 0.6) is 0 Å². The van der Waals surface area contributed by atoms with E-state index in [4.69, 9.17) is 38.4 Å². The van der Waals surface area contributed by atoms with Crippen molar-refractivity contribution in [1.82, 2.24) is 0 Å². The van der Waals surface area contributed by atoms with Crippen LogP contribution < -0.4 is 5.73 Å². The maximum atomic E-state index is 12.9. The van der Waals surface area contributed by atoms with Crippen LogP contribution in [0.15, 0.2) is 41.0 Å². The van der Waals surface area contributed by atoms with E-state index < -0.39 is 11.9 Å². The zero-order valence-electron chi connectivity index (χ0n) is 14.7. The summed E-state index contributed by atoms with van der Waals surface area (Å²) < 4.78 is 10.6. The normalized spacial score (nSPS) is 22.0. The number of carbonyl (C=O) groups excluding carboxylic acids is 2. The monoisotopic (exact) mass is 395 g/mol. The molecule has 5 nitrogen and oxygen atoms in total. The van der Waals surface area contributed by atoms with Crippen molar-refractivity contribution >= 4 is 35.0 Å². The fourth-order valence-electron chi connectivity index (χ4n) is 3.52. The first kappa shape index (κ1) is 18.8. The van der Waals surface area contributed by atoms with E-state index in [9.17, 15) is 9.59 Å². The SMILES string of the molecule is COC(=O)C1=C(N)OC2=C(C(=O)CC(C)(C)C2)[C@H]1c1ccc(Cl)c(Cl)c1. The molecular formula is C19H19Cl2NO4. The molecule has 1 heterocycles. The molecule has 0 spiro atoms. The van der Waals surface area contributed by atoms with Gasteiger partial charge in [-0.05, 0) is 23.1 Å². The van der Waals surface area contributed by atoms with Crippen LogP contribution in [0.25, 0.3) is 0 Å².